The summed E-state index contributed by atoms with van der Waals surface area (Å²) in [5, 5.41) is 5.09. The van der Waals surface area contributed by atoms with Crippen LogP contribution in [0.5, 0.6) is 0 Å². The Hall–Kier alpha value is -2.71. The Morgan fingerprint density at radius 2 is 1.93 bits per heavy atom. The summed E-state index contributed by atoms with van der Waals surface area (Å²) < 4.78 is 64.1. The summed E-state index contributed by atoms with van der Waals surface area (Å²) in [6.45, 7) is 0.457. The van der Waals surface area contributed by atoms with E-state index in [9.17, 15) is 26.7 Å². The van der Waals surface area contributed by atoms with Crippen LogP contribution in [0.25, 0.3) is 0 Å². The zero-order valence-corrected chi connectivity index (χ0v) is 15.6. The van der Waals surface area contributed by atoms with Crippen LogP contribution >= 0.6 is 0 Å². The van der Waals surface area contributed by atoms with Gasteiger partial charge in [0, 0.05) is 12.5 Å². The van der Waals surface area contributed by atoms with Crippen molar-refractivity contribution in [2.45, 2.75) is 43.8 Å². The number of carbonyl (C=O) groups is 1. The van der Waals surface area contributed by atoms with Crippen LogP contribution in [0.15, 0.2) is 36.4 Å². The zero-order valence-electron chi connectivity index (χ0n) is 15.6. The second-order valence-electron chi connectivity index (χ2n) is 7.28. The zero-order chi connectivity index (χ0) is 21.2. The second-order valence-corrected chi connectivity index (χ2v) is 7.28. The number of amides is 1. The first-order valence-electron chi connectivity index (χ1n) is 9.12. The first-order valence-corrected chi connectivity index (χ1v) is 9.12. The molecule has 1 aliphatic rings. The number of carbonyl (C=O) groups excluding carboxylic acids is 1. The molecule has 0 bridgehead atoms. The van der Waals surface area contributed by atoms with E-state index in [1.54, 1.807) is 19.1 Å². The van der Waals surface area contributed by atoms with Gasteiger partial charge in [-0.25, -0.2) is 13.8 Å². The lowest BCUT2D eigenvalue weighted by Gasteiger charge is -2.20. The Kier molecular flexibility index (Phi) is 5.77. The fraction of sp³-hybridized carbons (Fsp3) is 0.400. The highest BCUT2D eigenvalue weighted by Gasteiger charge is 2.47. The first kappa shape index (κ1) is 21.0. The number of benzene rings is 1. The number of aromatic nitrogens is 1. The Morgan fingerprint density at radius 1 is 1.21 bits per heavy atom. The normalized spacial score (nSPS) is 16.2. The lowest BCUT2D eigenvalue weighted by atomic mass is 9.96. The van der Waals surface area contributed by atoms with Gasteiger partial charge in [0.15, 0.2) is 0 Å². The number of alkyl halides is 3. The highest BCUT2D eigenvalue weighted by Crippen LogP contribution is 2.45. The maximum absolute atomic E-state index is 13.9. The van der Waals surface area contributed by atoms with E-state index in [1.807, 2.05) is 0 Å². The average molecular weight is 413 g/mol. The molecule has 4 nitrogen and oxygen atoms in total. The number of halogens is 5. The van der Waals surface area contributed by atoms with Gasteiger partial charge in [-0.1, -0.05) is 19.1 Å². The van der Waals surface area contributed by atoms with Gasteiger partial charge in [-0.2, -0.15) is 13.2 Å². The minimum absolute atomic E-state index is 0.0175. The van der Waals surface area contributed by atoms with Gasteiger partial charge >= 0.3 is 6.18 Å². The Labute approximate surface area is 164 Å². The van der Waals surface area contributed by atoms with Crippen molar-refractivity contribution in [1.29, 1.82) is 0 Å². The van der Waals surface area contributed by atoms with Gasteiger partial charge in [-0.3, -0.25) is 4.79 Å². The maximum Gasteiger partial charge on any atom is 0.405 e. The van der Waals surface area contributed by atoms with Crippen LogP contribution in [0.1, 0.15) is 43.4 Å². The molecule has 3 rings (SSSR count). The van der Waals surface area contributed by atoms with Crippen LogP contribution in [0.2, 0.25) is 0 Å². The minimum atomic E-state index is -4.37. The van der Waals surface area contributed by atoms with Crippen LogP contribution in [-0.4, -0.2) is 23.6 Å². The standard InChI is InChI=1S/C20H20F5N3O/c1-12(14-6-5-13(21)10-15(14)22)9-18(29)28-19(7-8-19)16-3-2-4-17(27-16)26-11-20(23,24)25/h2-6,10,12H,7-9,11H2,1H3,(H,26,27)(H,28,29). The molecule has 0 spiro atoms. The van der Waals surface area contributed by atoms with Crippen molar-refractivity contribution in [1.82, 2.24) is 10.3 Å². The number of pyridine rings is 1. The predicted octanol–water partition coefficient (Wildman–Crippen LogP) is 4.63. The van der Waals surface area contributed by atoms with Crippen LogP contribution in [0, 0.1) is 11.6 Å². The molecule has 1 saturated carbocycles. The summed E-state index contributed by atoms with van der Waals surface area (Å²) in [4.78, 5) is 16.7. The predicted molar refractivity (Wildman–Crippen MR) is 97.2 cm³/mol. The molecule has 1 aromatic carbocycles. The van der Waals surface area contributed by atoms with Crippen LogP contribution in [-0.2, 0) is 10.3 Å². The van der Waals surface area contributed by atoms with Gasteiger partial charge in [-0.05, 0) is 42.5 Å². The molecule has 29 heavy (non-hydrogen) atoms. The average Bonchev–Trinajstić information content (AvgIpc) is 3.40. The van der Waals surface area contributed by atoms with Crippen molar-refractivity contribution < 1.29 is 26.7 Å². The molecule has 0 saturated heterocycles. The molecular formula is C20H20F5N3O. The third-order valence-corrected chi connectivity index (χ3v) is 4.82. The summed E-state index contributed by atoms with van der Waals surface area (Å²) in [5.74, 6) is -2.14. The molecular weight excluding hydrogens is 393 g/mol. The number of nitrogens with one attached hydrogen (secondary N) is 2. The van der Waals surface area contributed by atoms with Gasteiger partial charge in [0.05, 0.1) is 11.2 Å². The summed E-state index contributed by atoms with van der Waals surface area (Å²) in [5.41, 5.74) is -0.0184. The maximum atomic E-state index is 13.9. The van der Waals surface area contributed by atoms with E-state index in [4.69, 9.17) is 0 Å². The van der Waals surface area contributed by atoms with Crippen molar-refractivity contribution in [3.05, 3.63) is 59.3 Å². The van der Waals surface area contributed by atoms with Gasteiger partial charge in [-0.15, -0.1) is 0 Å². The lowest BCUT2D eigenvalue weighted by molar-refractivity contribution is -0.122. The molecule has 1 fully saturated rings. The monoisotopic (exact) mass is 413 g/mol. The van der Waals surface area contributed by atoms with E-state index >= 15 is 0 Å². The van der Waals surface area contributed by atoms with E-state index < -0.39 is 35.8 Å². The third-order valence-electron chi connectivity index (χ3n) is 4.82. The van der Waals surface area contributed by atoms with Crippen LogP contribution < -0.4 is 10.6 Å². The van der Waals surface area contributed by atoms with Crippen molar-refractivity contribution in [3.8, 4) is 0 Å². The van der Waals surface area contributed by atoms with E-state index in [-0.39, 0.29) is 23.7 Å². The SMILES string of the molecule is CC(CC(=O)NC1(c2cccc(NCC(F)(F)F)n2)CC1)c1ccc(F)cc1F. The van der Waals surface area contributed by atoms with Crippen molar-refractivity contribution in [2.24, 2.45) is 0 Å². The van der Waals surface area contributed by atoms with E-state index in [0.29, 0.717) is 18.5 Å². The summed E-state index contributed by atoms with van der Waals surface area (Å²) in [7, 11) is 0. The number of hydrogen-bond donors (Lipinski definition) is 2. The summed E-state index contributed by atoms with van der Waals surface area (Å²) in [6, 6.07) is 7.87. The molecule has 1 aromatic heterocycles. The molecule has 1 aliphatic carbocycles. The molecule has 9 heteroatoms. The lowest BCUT2D eigenvalue weighted by Crippen LogP contribution is -2.36. The van der Waals surface area contributed by atoms with E-state index in [2.05, 4.69) is 15.6 Å². The molecule has 1 heterocycles. The highest BCUT2D eigenvalue weighted by atomic mass is 19.4. The first-order chi connectivity index (χ1) is 13.6. The largest absolute Gasteiger partial charge is 0.405 e. The Morgan fingerprint density at radius 3 is 2.55 bits per heavy atom. The molecule has 156 valence electrons. The van der Waals surface area contributed by atoms with Gasteiger partial charge in [0.1, 0.15) is 24.0 Å². The molecule has 2 N–H and O–H groups in total. The molecule has 2 aromatic rings. The Balaban J connectivity index is 1.64. The molecule has 1 unspecified atom stereocenters. The highest BCUT2D eigenvalue weighted by molar-refractivity contribution is 5.78. The van der Waals surface area contributed by atoms with Gasteiger partial charge < -0.3 is 10.6 Å². The van der Waals surface area contributed by atoms with Crippen molar-refractivity contribution in [3.63, 3.8) is 0 Å². The minimum Gasteiger partial charge on any atom is -0.361 e. The fourth-order valence-electron chi connectivity index (χ4n) is 3.17. The number of anilines is 1. The number of hydrogen-bond acceptors (Lipinski definition) is 3. The molecule has 1 atom stereocenters. The summed E-state index contributed by atoms with van der Waals surface area (Å²) in [6.07, 6.45) is -3.17. The second kappa shape index (κ2) is 7.96. The number of rotatable bonds is 7. The van der Waals surface area contributed by atoms with Crippen LogP contribution in [0.3, 0.4) is 0 Å². The van der Waals surface area contributed by atoms with Gasteiger partial charge in [0.25, 0.3) is 0 Å². The van der Waals surface area contributed by atoms with Crippen molar-refractivity contribution >= 4 is 11.7 Å². The molecule has 0 aliphatic heterocycles. The third kappa shape index (κ3) is 5.42. The van der Waals surface area contributed by atoms with Crippen LogP contribution in [0.4, 0.5) is 27.8 Å². The van der Waals surface area contributed by atoms with E-state index in [0.717, 1.165) is 12.1 Å². The number of nitrogens with zero attached hydrogens (tertiary/aromatic N) is 1. The summed E-state index contributed by atoms with van der Waals surface area (Å²) >= 11 is 0. The van der Waals surface area contributed by atoms with Gasteiger partial charge in [0.2, 0.25) is 5.91 Å². The Bertz CT molecular complexity index is 896. The van der Waals surface area contributed by atoms with E-state index in [1.165, 1.54) is 12.1 Å². The fourth-order valence-corrected chi connectivity index (χ4v) is 3.17. The smallest absolute Gasteiger partial charge is 0.361 e. The molecule has 0 radical (unpaired) electrons. The quantitative estimate of drug-likeness (QED) is 0.651. The van der Waals surface area contributed by atoms with Crippen molar-refractivity contribution in [2.75, 3.05) is 11.9 Å². The molecule has 1 amide bonds. The topological polar surface area (TPSA) is 54.0 Å².